The molecule has 20 heavy (non-hydrogen) atoms. The van der Waals surface area contributed by atoms with E-state index in [0.717, 1.165) is 12.1 Å². The van der Waals surface area contributed by atoms with Gasteiger partial charge in [0.2, 0.25) is 0 Å². The molecule has 1 aromatic carbocycles. The van der Waals surface area contributed by atoms with Crippen LogP contribution in [0.3, 0.4) is 0 Å². The Morgan fingerprint density at radius 2 is 1.80 bits per heavy atom. The number of alkyl halides is 3. The maximum atomic E-state index is 12.4. The predicted molar refractivity (Wildman–Crippen MR) is 67.3 cm³/mol. The minimum atomic E-state index is -4.39. The number of halogens is 3. The van der Waals surface area contributed by atoms with Gasteiger partial charge in [-0.2, -0.15) is 18.3 Å². The third-order valence-electron chi connectivity index (χ3n) is 2.53. The van der Waals surface area contributed by atoms with Crippen LogP contribution in [-0.4, -0.2) is 15.8 Å². The first-order chi connectivity index (χ1) is 9.36. The maximum absolute atomic E-state index is 12.4. The van der Waals surface area contributed by atoms with Crippen molar-refractivity contribution in [2.75, 3.05) is 10.6 Å². The van der Waals surface area contributed by atoms with Crippen LogP contribution >= 0.6 is 0 Å². The second kappa shape index (κ2) is 5.24. The molecule has 0 aliphatic carbocycles. The van der Waals surface area contributed by atoms with Gasteiger partial charge in [-0.05, 0) is 24.3 Å². The third kappa shape index (κ3) is 3.28. The van der Waals surface area contributed by atoms with Crippen molar-refractivity contribution in [3.63, 3.8) is 0 Å². The number of carbonyl (C=O) groups is 1. The molecule has 0 aliphatic heterocycles. The van der Waals surface area contributed by atoms with E-state index in [1.54, 1.807) is 13.1 Å². The van der Waals surface area contributed by atoms with Crippen molar-refractivity contribution in [2.45, 2.75) is 6.18 Å². The molecule has 0 aliphatic rings. The molecular formula is C12H11F3N4O. The van der Waals surface area contributed by atoms with Gasteiger partial charge in [-0.1, -0.05) is 0 Å². The number of carbonyl (C=O) groups excluding carboxylic acids is 1. The molecule has 0 bridgehead atoms. The molecule has 2 rings (SSSR count). The molecule has 1 heterocycles. The largest absolute Gasteiger partial charge is 0.416 e. The van der Waals surface area contributed by atoms with E-state index in [-0.39, 0.29) is 5.69 Å². The fraction of sp³-hybridized carbons (Fsp3) is 0.167. The van der Waals surface area contributed by atoms with Gasteiger partial charge in [-0.25, -0.2) is 4.79 Å². The van der Waals surface area contributed by atoms with Gasteiger partial charge in [0.15, 0.2) is 0 Å². The monoisotopic (exact) mass is 284 g/mol. The van der Waals surface area contributed by atoms with E-state index < -0.39 is 17.8 Å². The summed E-state index contributed by atoms with van der Waals surface area (Å²) in [4.78, 5) is 11.6. The molecule has 2 amide bonds. The number of aromatic nitrogens is 2. The Kier molecular flexibility index (Phi) is 3.64. The Labute approximate surface area is 112 Å². The number of anilines is 2. The Morgan fingerprint density at radius 1 is 1.15 bits per heavy atom. The standard InChI is InChI=1S/C12H11F3N4O/c1-19-10(6-7-16-19)18-11(20)17-9-4-2-8(3-5-9)12(13,14)15/h2-7H,1H3,(H2,17,18,20). The van der Waals surface area contributed by atoms with E-state index in [2.05, 4.69) is 15.7 Å². The minimum Gasteiger partial charge on any atom is -0.308 e. The van der Waals surface area contributed by atoms with Crippen LogP contribution < -0.4 is 10.6 Å². The quantitative estimate of drug-likeness (QED) is 0.890. The number of urea groups is 1. The average Bonchev–Trinajstić information content (AvgIpc) is 2.74. The van der Waals surface area contributed by atoms with Crippen LogP contribution in [0.15, 0.2) is 36.5 Å². The van der Waals surface area contributed by atoms with Crippen LogP contribution in [0, 0.1) is 0 Å². The molecule has 0 fully saturated rings. The number of hydrogen-bond acceptors (Lipinski definition) is 2. The molecule has 2 N–H and O–H groups in total. The summed E-state index contributed by atoms with van der Waals surface area (Å²) in [6.45, 7) is 0. The van der Waals surface area contributed by atoms with Crippen molar-refractivity contribution in [1.29, 1.82) is 0 Å². The number of nitrogens with zero attached hydrogens (tertiary/aromatic N) is 2. The normalized spacial score (nSPS) is 11.2. The lowest BCUT2D eigenvalue weighted by atomic mass is 10.2. The van der Waals surface area contributed by atoms with Crippen molar-refractivity contribution in [3.05, 3.63) is 42.1 Å². The zero-order valence-electron chi connectivity index (χ0n) is 10.4. The Morgan fingerprint density at radius 3 is 2.30 bits per heavy atom. The second-order valence-electron chi connectivity index (χ2n) is 3.99. The van der Waals surface area contributed by atoms with Gasteiger partial charge in [0, 0.05) is 18.8 Å². The van der Waals surface area contributed by atoms with E-state index in [0.29, 0.717) is 5.82 Å². The number of aryl methyl sites for hydroxylation is 1. The van der Waals surface area contributed by atoms with Crippen molar-refractivity contribution < 1.29 is 18.0 Å². The van der Waals surface area contributed by atoms with Gasteiger partial charge in [0.05, 0.1) is 11.8 Å². The summed E-state index contributed by atoms with van der Waals surface area (Å²) in [5.41, 5.74) is -0.507. The summed E-state index contributed by atoms with van der Waals surface area (Å²) in [5.74, 6) is 0.467. The molecule has 0 saturated heterocycles. The van der Waals surface area contributed by atoms with Gasteiger partial charge >= 0.3 is 12.2 Å². The van der Waals surface area contributed by atoms with E-state index in [1.165, 1.54) is 23.0 Å². The molecule has 0 atom stereocenters. The molecule has 0 unspecified atom stereocenters. The molecule has 1 aromatic heterocycles. The average molecular weight is 284 g/mol. The Hall–Kier alpha value is -2.51. The predicted octanol–water partition coefficient (Wildman–Crippen LogP) is 3.08. The highest BCUT2D eigenvalue weighted by molar-refractivity contribution is 5.99. The maximum Gasteiger partial charge on any atom is 0.416 e. The lowest BCUT2D eigenvalue weighted by Gasteiger charge is -2.09. The molecule has 0 radical (unpaired) electrons. The summed E-state index contributed by atoms with van der Waals surface area (Å²) >= 11 is 0. The van der Waals surface area contributed by atoms with Gasteiger partial charge in [0.25, 0.3) is 0 Å². The van der Waals surface area contributed by atoms with E-state index in [1.807, 2.05) is 0 Å². The molecule has 2 aromatic rings. The highest BCUT2D eigenvalue weighted by Crippen LogP contribution is 2.29. The molecule has 0 spiro atoms. The summed E-state index contributed by atoms with van der Waals surface area (Å²) < 4.78 is 38.6. The van der Waals surface area contributed by atoms with Gasteiger partial charge in [-0.3, -0.25) is 10.00 Å². The number of rotatable bonds is 2. The molecule has 8 heteroatoms. The first-order valence-corrected chi connectivity index (χ1v) is 5.59. The van der Waals surface area contributed by atoms with Crippen LogP contribution in [-0.2, 0) is 13.2 Å². The van der Waals surface area contributed by atoms with E-state index in [4.69, 9.17) is 0 Å². The smallest absolute Gasteiger partial charge is 0.308 e. The zero-order valence-corrected chi connectivity index (χ0v) is 10.4. The first kappa shape index (κ1) is 13.9. The zero-order chi connectivity index (χ0) is 14.8. The van der Waals surface area contributed by atoms with Crippen LogP contribution in [0.4, 0.5) is 29.5 Å². The SMILES string of the molecule is Cn1nccc1NC(=O)Nc1ccc(C(F)(F)F)cc1. The number of nitrogens with one attached hydrogen (secondary N) is 2. The molecular weight excluding hydrogens is 273 g/mol. The van der Waals surface area contributed by atoms with E-state index in [9.17, 15) is 18.0 Å². The van der Waals surface area contributed by atoms with Crippen molar-refractivity contribution >= 4 is 17.5 Å². The van der Waals surface area contributed by atoms with Crippen LogP contribution in [0.25, 0.3) is 0 Å². The third-order valence-corrected chi connectivity index (χ3v) is 2.53. The van der Waals surface area contributed by atoms with E-state index >= 15 is 0 Å². The lowest BCUT2D eigenvalue weighted by Crippen LogP contribution is -2.21. The van der Waals surface area contributed by atoms with Gasteiger partial charge in [0.1, 0.15) is 5.82 Å². The van der Waals surface area contributed by atoms with Gasteiger partial charge < -0.3 is 5.32 Å². The molecule has 0 saturated carbocycles. The Bertz CT molecular complexity index is 604. The summed E-state index contributed by atoms with van der Waals surface area (Å²) in [5, 5.41) is 8.80. The number of hydrogen-bond donors (Lipinski definition) is 2. The second-order valence-corrected chi connectivity index (χ2v) is 3.99. The fourth-order valence-electron chi connectivity index (χ4n) is 1.52. The van der Waals surface area contributed by atoms with Crippen LogP contribution in [0.5, 0.6) is 0 Å². The first-order valence-electron chi connectivity index (χ1n) is 5.59. The summed E-state index contributed by atoms with van der Waals surface area (Å²) in [7, 11) is 1.65. The van der Waals surface area contributed by atoms with Crippen molar-refractivity contribution in [2.24, 2.45) is 7.05 Å². The summed E-state index contributed by atoms with van der Waals surface area (Å²) in [6.07, 6.45) is -2.89. The highest BCUT2D eigenvalue weighted by atomic mass is 19.4. The highest BCUT2D eigenvalue weighted by Gasteiger charge is 2.29. The Balaban J connectivity index is 2.00. The minimum absolute atomic E-state index is 0.262. The lowest BCUT2D eigenvalue weighted by molar-refractivity contribution is -0.137. The number of benzene rings is 1. The molecule has 5 nitrogen and oxygen atoms in total. The molecule has 106 valence electrons. The van der Waals surface area contributed by atoms with Crippen molar-refractivity contribution in [3.8, 4) is 0 Å². The summed E-state index contributed by atoms with van der Waals surface area (Å²) in [6, 6.07) is 5.21. The van der Waals surface area contributed by atoms with Crippen LogP contribution in [0.2, 0.25) is 0 Å². The van der Waals surface area contributed by atoms with Gasteiger partial charge in [-0.15, -0.1) is 0 Å². The fourth-order valence-corrected chi connectivity index (χ4v) is 1.52. The van der Waals surface area contributed by atoms with Crippen molar-refractivity contribution in [1.82, 2.24) is 9.78 Å². The van der Waals surface area contributed by atoms with Crippen LogP contribution in [0.1, 0.15) is 5.56 Å². The topological polar surface area (TPSA) is 59.0 Å². The number of amides is 2.